The molecule has 2 aliphatic heterocycles. The van der Waals surface area contributed by atoms with Crippen molar-refractivity contribution in [2.75, 3.05) is 80.5 Å². The van der Waals surface area contributed by atoms with Crippen molar-refractivity contribution >= 4 is 0 Å². The molecule has 2 heterocycles. The third kappa shape index (κ3) is 10.5. The first-order valence-electron chi connectivity index (χ1n) is 9.32. The van der Waals surface area contributed by atoms with Gasteiger partial charge in [-0.05, 0) is 80.1 Å². The van der Waals surface area contributed by atoms with E-state index in [1.54, 1.807) is 0 Å². The predicted octanol–water partition coefficient (Wildman–Crippen LogP) is 2.07. The highest BCUT2D eigenvalue weighted by molar-refractivity contribution is 4.65. The van der Waals surface area contributed by atoms with Crippen molar-refractivity contribution in [2.24, 2.45) is 0 Å². The van der Waals surface area contributed by atoms with Crippen LogP contribution in [0.4, 0.5) is 0 Å². The van der Waals surface area contributed by atoms with E-state index in [2.05, 4.69) is 47.8 Å². The van der Waals surface area contributed by atoms with Gasteiger partial charge >= 0.3 is 0 Å². The van der Waals surface area contributed by atoms with Crippen LogP contribution in [0.2, 0.25) is 0 Å². The molecule has 0 aromatic heterocycles. The number of rotatable bonds is 6. The van der Waals surface area contributed by atoms with Gasteiger partial charge in [0.15, 0.2) is 0 Å². The Balaban J connectivity index is 0.000000220. The predicted molar refractivity (Wildman–Crippen MR) is 97.7 cm³/mol. The Bertz CT molecular complexity index is 217. The largest absolute Gasteiger partial charge is 0.308 e. The number of piperidine rings is 2. The molecule has 0 atom stereocenters. The quantitative estimate of drug-likeness (QED) is 0.744. The van der Waals surface area contributed by atoms with Crippen LogP contribution in [0.5, 0.6) is 0 Å². The average molecular weight is 313 g/mol. The van der Waals surface area contributed by atoms with Crippen LogP contribution in [0.15, 0.2) is 0 Å². The lowest BCUT2D eigenvalue weighted by Crippen LogP contribution is -2.35. The highest BCUT2D eigenvalue weighted by atomic mass is 15.2. The summed E-state index contributed by atoms with van der Waals surface area (Å²) in [5, 5.41) is 0. The summed E-state index contributed by atoms with van der Waals surface area (Å²) in [6, 6.07) is 0. The second kappa shape index (κ2) is 12.3. The molecule has 0 unspecified atom stereocenters. The first kappa shape index (κ1) is 19.9. The summed E-state index contributed by atoms with van der Waals surface area (Å²) in [5.74, 6) is 0. The molecule has 4 nitrogen and oxygen atoms in total. The maximum atomic E-state index is 2.57. The number of hydrogen-bond acceptors (Lipinski definition) is 4. The molecule has 0 aromatic carbocycles. The minimum atomic E-state index is 1.21. The van der Waals surface area contributed by atoms with E-state index >= 15 is 0 Å². The molecule has 0 spiro atoms. The van der Waals surface area contributed by atoms with Gasteiger partial charge in [-0.1, -0.05) is 12.8 Å². The van der Waals surface area contributed by atoms with Gasteiger partial charge in [0.1, 0.15) is 0 Å². The van der Waals surface area contributed by atoms with Gasteiger partial charge in [-0.15, -0.1) is 0 Å². The highest BCUT2D eigenvalue weighted by Crippen LogP contribution is 2.08. The van der Waals surface area contributed by atoms with Crippen molar-refractivity contribution in [3.05, 3.63) is 0 Å². The van der Waals surface area contributed by atoms with Gasteiger partial charge in [-0.25, -0.2) is 0 Å². The minimum absolute atomic E-state index is 1.21. The molecule has 0 N–H and O–H groups in total. The Hall–Kier alpha value is -0.160. The fourth-order valence-corrected chi connectivity index (χ4v) is 3.05. The SMILES string of the molecule is CN(C)CCN1CCCCC1.CN(C)CCN1CCCCC1. The molecule has 22 heavy (non-hydrogen) atoms. The maximum Gasteiger partial charge on any atom is 0.0109 e. The topological polar surface area (TPSA) is 13.0 Å². The molecule has 0 amide bonds. The van der Waals surface area contributed by atoms with Gasteiger partial charge < -0.3 is 19.6 Å². The zero-order valence-electron chi connectivity index (χ0n) is 15.7. The van der Waals surface area contributed by atoms with Crippen LogP contribution in [0, 0.1) is 0 Å². The van der Waals surface area contributed by atoms with Crippen LogP contribution in [-0.4, -0.2) is 100 Å². The Labute approximate surface area is 139 Å². The lowest BCUT2D eigenvalue weighted by molar-refractivity contribution is 0.207. The van der Waals surface area contributed by atoms with Crippen molar-refractivity contribution in [2.45, 2.75) is 38.5 Å². The summed E-state index contributed by atoms with van der Waals surface area (Å²) < 4.78 is 0. The van der Waals surface area contributed by atoms with E-state index in [1.807, 2.05) is 0 Å². The Morgan fingerprint density at radius 3 is 1.14 bits per heavy atom. The van der Waals surface area contributed by atoms with E-state index in [1.165, 1.54) is 90.9 Å². The first-order valence-corrected chi connectivity index (χ1v) is 9.32. The summed E-state index contributed by atoms with van der Waals surface area (Å²) in [6.07, 6.45) is 8.53. The van der Waals surface area contributed by atoms with Crippen LogP contribution in [0.25, 0.3) is 0 Å². The van der Waals surface area contributed by atoms with Crippen molar-refractivity contribution in [3.8, 4) is 0 Å². The highest BCUT2D eigenvalue weighted by Gasteiger charge is 2.09. The third-order valence-corrected chi connectivity index (χ3v) is 4.62. The van der Waals surface area contributed by atoms with Gasteiger partial charge in [0, 0.05) is 26.2 Å². The smallest absolute Gasteiger partial charge is 0.0109 e. The number of hydrogen-bond donors (Lipinski definition) is 0. The normalized spacial score (nSPS) is 21.0. The molecule has 0 aromatic rings. The molecule has 2 rings (SSSR count). The van der Waals surface area contributed by atoms with Gasteiger partial charge in [-0.3, -0.25) is 0 Å². The van der Waals surface area contributed by atoms with E-state index in [4.69, 9.17) is 0 Å². The molecular formula is C18H40N4. The average Bonchev–Trinajstić information content (AvgIpc) is 2.53. The van der Waals surface area contributed by atoms with Gasteiger partial charge in [-0.2, -0.15) is 0 Å². The molecule has 2 fully saturated rings. The Morgan fingerprint density at radius 2 is 0.864 bits per heavy atom. The van der Waals surface area contributed by atoms with Crippen molar-refractivity contribution < 1.29 is 0 Å². The van der Waals surface area contributed by atoms with Gasteiger partial charge in [0.2, 0.25) is 0 Å². The third-order valence-electron chi connectivity index (χ3n) is 4.62. The number of likely N-dealkylation sites (N-methyl/N-ethyl adjacent to an activating group) is 2. The van der Waals surface area contributed by atoms with Gasteiger partial charge in [0.25, 0.3) is 0 Å². The summed E-state index contributed by atoms with van der Waals surface area (Å²) in [7, 11) is 8.57. The van der Waals surface area contributed by atoms with Crippen molar-refractivity contribution in [1.29, 1.82) is 0 Å². The van der Waals surface area contributed by atoms with Crippen LogP contribution in [0.1, 0.15) is 38.5 Å². The number of likely N-dealkylation sites (tertiary alicyclic amines) is 2. The van der Waals surface area contributed by atoms with Crippen molar-refractivity contribution in [3.63, 3.8) is 0 Å². The molecule has 4 heteroatoms. The Morgan fingerprint density at radius 1 is 0.545 bits per heavy atom. The van der Waals surface area contributed by atoms with Crippen LogP contribution in [0.3, 0.4) is 0 Å². The minimum Gasteiger partial charge on any atom is -0.308 e. The summed E-state index contributed by atoms with van der Waals surface area (Å²) in [6.45, 7) is 10.2. The first-order chi connectivity index (χ1) is 10.6. The van der Waals surface area contributed by atoms with Crippen molar-refractivity contribution in [1.82, 2.24) is 19.6 Å². The van der Waals surface area contributed by atoms with Crippen LogP contribution >= 0.6 is 0 Å². The van der Waals surface area contributed by atoms with E-state index in [9.17, 15) is 0 Å². The van der Waals surface area contributed by atoms with E-state index in [0.29, 0.717) is 0 Å². The molecule has 0 bridgehead atoms. The summed E-state index contributed by atoms with van der Waals surface area (Å²) in [5.41, 5.74) is 0. The monoisotopic (exact) mass is 312 g/mol. The summed E-state index contributed by atoms with van der Waals surface area (Å²) in [4.78, 5) is 9.66. The van der Waals surface area contributed by atoms with E-state index in [-0.39, 0.29) is 0 Å². The summed E-state index contributed by atoms with van der Waals surface area (Å²) >= 11 is 0. The fraction of sp³-hybridized carbons (Fsp3) is 1.00. The molecule has 0 radical (unpaired) electrons. The Kier molecular flexibility index (Phi) is 11.1. The zero-order chi connectivity index (χ0) is 16.2. The number of nitrogens with zero attached hydrogens (tertiary/aromatic N) is 4. The fourth-order valence-electron chi connectivity index (χ4n) is 3.05. The van der Waals surface area contributed by atoms with Gasteiger partial charge in [0.05, 0.1) is 0 Å². The van der Waals surface area contributed by atoms with E-state index < -0.39 is 0 Å². The lowest BCUT2D eigenvalue weighted by Gasteiger charge is -2.27. The van der Waals surface area contributed by atoms with E-state index in [0.717, 1.165) is 0 Å². The second-order valence-electron chi connectivity index (χ2n) is 7.41. The second-order valence-corrected chi connectivity index (χ2v) is 7.41. The van der Waals surface area contributed by atoms with Crippen LogP contribution < -0.4 is 0 Å². The molecule has 132 valence electrons. The molecule has 0 saturated carbocycles. The standard InChI is InChI=1S/2C9H20N2/c2*1-10(2)8-9-11-6-4-3-5-7-11/h2*3-9H2,1-2H3. The van der Waals surface area contributed by atoms with Crippen LogP contribution in [-0.2, 0) is 0 Å². The molecule has 2 aliphatic rings. The molecule has 0 aliphatic carbocycles. The molecule has 2 saturated heterocycles. The lowest BCUT2D eigenvalue weighted by atomic mass is 10.1. The maximum absolute atomic E-state index is 2.57. The zero-order valence-corrected chi connectivity index (χ0v) is 15.7. The molecular weight excluding hydrogens is 272 g/mol.